The van der Waals surface area contributed by atoms with E-state index < -0.39 is 0 Å². The molecule has 0 radical (unpaired) electrons. The SMILES string of the molecule is CC(Sc1ccccc1)N1CCCSC1=S. The van der Waals surface area contributed by atoms with Gasteiger partial charge in [0.2, 0.25) is 0 Å². The van der Waals surface area contributed by atoms with Crippen molar-refractivity contribution in [2.75, 3.05) is 12.3 Å². The normalized spacial score (nSPS) is 18.6. The van der Waals surface area contributed by atoms with E-state index in [2.05, 4.69) is 42.2 Å². The van der Waals surface area contributed by atoms with Crippen LogP contribution in [0.15, 0.2) is 35.2 Å². The average Bonchev–Trinajstić information content (AvgIpc) is 2.31. The molecule has 0 saturated carbocycles. The van der Waals surface area contributed by atoms with Crippen molar-refractivity contribution in [2.24, 2.45) is 0 Å². The molecule has 1 aromatic carbocycles. The van der Waals surface area contributed by atoms with Crippen molar-refractivity contribution >= 4 is 40.1 Å². The molecule has 86 valence electrons. The van der Waals surface area contributed by atoms with Gasteiger partial charge < -0.3 is 4.90 Å². The van der Waals surface area contributed by atoms with Gasteiger partial charge in [-0.1, -0.05) is 42.2 Å². The predicted octanol–water partition coefficient (Wildman–Crippen LogP) is 3.85. The monoisotopic (exact) mass is 269 g/mol. The third-order valence-corrected chi connectivity index (χ3v) is 5.19. The van der Waals surface area contributed by atoms with Crippen LogP contribution < -0.4 is 0 Å². The summed E-state index contributed by atoms with van der Waals surface area (Å²) in [5.41, 5.74) is 0. The fourth-order valence-corrected chi connectivity index (χ4v) is 4.20. The fraction of sp³-hybridized carbons (Fsp3) is 0.417. The Morgan fingerprint density at radius 1 is 1.38 bits per heavy atom. The van der Waals surface area contributed by atoms with Gasteiger partial charge >= 0.3 is 0 Å². The summed E-state index contributed by atoms with van der Waals surface area (Å²) >= 11 is 9.08. The minimum Gasteiger partial charge on any atom is -0.345 e. The molecular formula is C12H15NS3. The Bertz CT molecular complexity index is 353. The Morgan fingerprint density at radius 2 is 2.12 bits per heavy atom. The first-order chi connectivity index (χ1) is 7.77. The molecule has 0 bridgehead atoms. The summed E-state index contributed by atoms with van der Waals surface area (Å²) < 4.78 is 1.06. The summed E-state index contributed by atoms with van der Waals surface area (Å²) in [6.07, 6.45) is 1.24. The van der Waals surface area contributed by atoms with Crippen molar-refractivity contribution in [2.45, 2.75) is 23.6 Å². The van der Waals surface area contributed by atoms with Crippen LogP contribution in [0.5, 0.6) is 0 Å². The molecule has 1 unspecified atom stereocenters. The fourth-order valence-electron chi connectivity index (χ4n) is 1.66. The Morgan fingerprint density at radius 3 is 2.81 bits per heavy atom. The summed E-state index contributed by atoms with van der Waals surface area (Å²) in [4.78, 5) is 3.65. The van der Waals surface area contributed by atoms with Gasteiger partial charge in [-0.05, 0) is 25.5 Å². The van der Waals surface area contributed by atoms with Crippen molar-refractivity contribution in [3.8, 4) is 0 Å². The number of rotatable bonds is 3. The molecule has 2 rings (SSSR count). The van der Waals surface area contributed by atoms with Crippen molar-refractivity contribution in [3.05, 3.63) is 30.3 Å². The van der Waals surface area contributed by atoms with Crippen molar-refractivity contribution < 1.29 is 0 Å². The van der Waals surface area contributed by atoms with Gasteiger partial charge in [-0.25, -0.2) is 0 Å². The van der Waals surface area contributed by atoms with Crippen LogP contribution >= 0.6 is 35.7 Å². The first-order valence-corrected chi connectivity index (χ1v) is 7.70. The second-order valence-electron chi connectivity index (χ2n) is 3.69. The third kappa shape index (κ3) is 3.15. The van der Waals surface area contributed by atoms with Crippen LogP contribution in [0.1, 0.15) is 13.3 Å². The maximum atomic E-state index is 5.40. The van der Waals surface area contributed by atoms with E-state index in [-0.39, 0.29) is 0 Å². The average molecular weight is 269 g/mol. The lowest BCUT2D eigenvalue weighted by Crippen LogP contribution is -2.37. The van der Waals surface area contributed by atoms with Crippen LogP contribution in [-0.4, -0.2) is 26.9 Å². The lowest BCUT2D eigenvalue weighted by atomic mass is 10.4. The Labute approximate surface area is 111 Å². The molecule has 1 aromatic rings. The van der Waals surface area contributed by atoms with Gasteiger partial charge in [0.25, 0.3) is 0 Å². The van der Waals surface area contributed by atoms with Crippen LogP contribution in [0.3, 0.4) is 0 Å². The quantitative estimate of drug-likeness (QED) is 0.605. The number of thiocarbonyl (C=S) groups is 1. The van der Waals surface area contributed by atoms with Crippen molar-refractivity contribution in [1.29, 1.82) is 0 Å². The maximum Gasteiger partial charge on any atom is 0.137 e. The number of hydrogen-bond acceptors (Lipinski definition) is 3. The van der Waals surface area contributed by atoms with E-state index >= 15 is 0 Å². The molecule has 1 aliphatic rings. The second-order valence-corrected chi connectivity index (χ2v) is 6.81. The smallest absolute Gasteiger partial charge is 0.137 e. The standard InChI is InChI=1S/C12H15NS3/c1-10(13-8-5-9-15-12(13)14)16-11-6-3-2-4-7-11/h2-4,6-7,10H,5,8-9H2,1H3. The number of benzene rings is 1. The molecule has 0 amide bonds. The molecule has 0 N–H and O–H groups in total. The Hall–Kier alpha value is -0.190. The van der Waals surface area contributed by atoms with E-state index in [4.69, 9.17) is 12.2 Å². The third-order valence-electron chi connectivity index (χ3n) is 2.49. The van der Waals surface area contributed by atoms with Gasteiger partial charge in [-0.2, -0.15) is 0 Å². The van der Waals surface area contributed by atoms with E-state index in [9.17, 15) is 0 Å². The van der Waals surface area contributed by atoms with Crippen LogP contribution in [0.4, 0.5) is 0 Å². The van der Waals surface area contributed by atoms with Crippen LogP contribution in [0.25, 0.3) is 0 Å². The molecule has 1 saturated heterocycles. The molecule has 4 heteroatoms. The number of hydrogen-bond donors (Lipinski definition) is 0. The topological polar surface area (TPSA) is 3.24 Å². The van der Waals surface area contributed by atoms with E-state index in [1.54, 1.807) is 0 Å². The van der Waals surface area contributed by atoms with Gasteiger partial charge in [0.1, 0.15) is 4.32 Å². The zero-order valence-electron chi connectivity index (χ0n) is 9.26. The maximum absolute atomic E-state index is 5.40. The minimum atomic E-state index is 0.433. The summed E-state index contributed by atoms with van der Waals surface area (Å²) in [6, 6.07) is 10.5. The van der Waals surface area contributed by atoms with Crippen molar-refractivity contribution in [1.82, 2.24) is 4.90 Å². The van der Waals surface area contributed by atoms with Gasteiger partial charge in [-0.3, -0.25) is 0 Å². The molecule has 1 nitrogen and oxygen atoms in total. The van der Waals surface area contributed by atoms with E-state index in [0.717, 1.165) is 10.9 Å². The minimum absolute atomic E-state index is 0.433. The van der Waals surface area contributed by atoms with Crippen molar-refractivity contribution in [3.63, 3.8) is 0 Å². The van der Waals surface area contributed by atoms with E-state index in [1.807, 2.05) is 23.5 Å². The van der Waals surface area contributed by atoms with Gasteiger partial charge in [0, 0.05) is 17.2 Å². The molecule has 0 spiro atoms. The van der Waals surface area contributed by atoms with Crippen LogP contribution in [0, 0.1) is 0 Å². The predicted molar refractivity (Wildman–Crippen MR) is 78.1 cm³/mol. The van der Waals surface area contributed by atoms with E-state index in [0.29, 0.717) is 5.37 Å². The van der Waals surface area contributed by atoms with Crippen LogP contribution in [0.2, 0.25) is 0 Å². The lowest BCUT2D eigenvalue weighted by molar-refractivity contribution is 0.422. The Kier molecular flexibility index (Phi) is 4.55. The summed E-state index contributed by atoms with van der Waals surface area (Å²) in [6.45, 7) is 3.34. The molecule has 0 aliphatic carbocycles. The number of nitrogens with zero attached hydrogens (tertiary/aromatic N) is 1. The molecule has 1 heterocycles. The van der Waals surface area contributed by atoms with Crippen LogP contribution in [-0.2, 0) is 0 Å². The molecule has 0 aromatic heterocycles. The molecule has 1 atom stereocenters. The highest BCUT2D eigenvalue weighted by molar-refractivity contribution is 8.23. The number of thioether (sulfide) groups is 2. The second kappa shape index (κ2) is 5.94. The first-order valence-electron chi connectivity index (χ1n) is 5.42. The highest BCUT2D eigenvalue weighted by atomic mass is 32.2. The first kappa shape index (κ1) is 12.3. The zero-order chi connectivity index (χ0) is 11.4. The summed E-state index contributed by atoms with van der Waals surface area (Å²) in [7, 11) is 0. The summed E-state index contributed by atoms with van der Waals surface area (Å²) in [5, 5.41) is 0.433. The Balaban J connectivity index is 1.97. The molecule has 1 fully saturated rings. The molecule has 16 heavy (non-hydrogen) atoms. The molecular weight excluding hydrogens is 254 g/mol. The van der Waals surface area contributed by atoms with Gasteiger partial charge in [0.05, 0.1) is 5.37 Å². The van der Waals surface area contributed by atoms with Gasteiger partial charge in [0.15, 0.2) is 0 Å². The van der Waals surface area contributed by atoms with E-state index in [1.165, 1.54) is 17.1 Å². The largest absolute Gasteiger partial charge is 0.345 e. The van der Waals surface area contributed by atoms with Gasteiger partial charge in [-0.15, -0.1) is 11.8 Å². The summed E-state index contributed by atoms with van der Waals surface area (Å²) in [5.74, 6) is 1.18. The lowest BCUT2D eigenvalue weighted by Gasteiger charge is -2.33. The zero-order valence-corrected chi connectivity index (χ0v) is 11.7. The highest BCUT2D eigenvalue weighted by Gasteiger charge is 2.21. The highest BCUT2D eigenvalue weighted by Crippen LogP contribution is 2.29. The molecule has 1 aliphatic heterocycles.